The monoisotopic (exact) mass is 412 g/mol. The van der Waals surface area contributed by atoms with Gasteiger partial charge in [0, 0.05) is 23.2 Å². The highest BCUT2D eigenvalue weighted by molar-refractivity contribution is 6.30. The molecule has 0 heterocycles. The van der Waals surface area contributed by atoms with Gasteiger partial charge in [0.2, 0.25) is 0 Å². The van der Waals surface area contributed by atoms with Crippen molar-refractivity contribution in [3.63, 3.8) is 0 Å². The van der Waals surface area contributed by atoms with Crippen LogP contribution in [0.4, 0.5) is 0 Å². The van der Waals surface area contributed by atoms with Crippen LogP contribution in [-0.4, -0.2) is 32.1 Å². The van der Waals surface area contributed by atoms with E-state index in [1.807, 2.05) is 38.1 Å². The molecule has 1 amide bonds. The summed E-state index contributed by atoms with van der Waals surface area (Å²) in [6, 6.07) is 12.8. The maximum Gasteiger partial charge on any atom is 0.251 e. The van der Waals surface area contributed by atoms with Gasteiger partial charge in [0.05, 0.1) is 7.11 Å². The first-order valence-corrected chi connectivity index (χ1v) is 8.98. The normalized spacial score (nSPS) is 11.3. The highest BCUT2D eigenvalue weighted by Gasteiger charge is 2.12. The summed E-state index contributed by atoms with van der Waals surface area (Å²) in [4.78, 5) is 12.3. The molecular formula is C20H26Cl2N2O3. The van der Waals surface area contributed by atoms with E-state index in [1.54, 1.807) is 25.3 Å². The van der Waals surface area contributed by atoms with Crippen LogP contribution in [-0.2, 0) is 6.61 Å². The summed E-state index contributed by atoms with van der Waals surface area (Å²) in [6.07, 6.45) is 0. The van der Waals surface area contributed by atoms with Gasteiger partial charge in [0.15, 0.2) is 11.5 Å². The van der Waals surface area contributed by atoms with Gasteiger partial charge in [-0.15, -0.1) is 12.4 Å². The molecule has 2 aromatic carbocycles. The lowest BCUT2D eigenvalue weighted by atomic mass is 10.1. The van der Waals surface area contributed by atoms with E-state index in [4.69, 9.17) is 21.1 Å². The number of methoxy groups -OCH3 is 1. The molecule has 27 heavy (non-hydrogen) atoms. The molecule has 0 aliphatic carbocycles. The van der Waals surface area contributed by atoms with Gasteiger partial charge in [-0.1, -0.05) is 30.7 Å². The molecule has 7 heteroatoms. The van der Waals surface area contributed by atoms with E-state index in [1.165, 1.54) is 0 Å². The third kappa shape index (κ3) is 7.29. The number of amides is 1. The van der Waals surface area contributed by atoms with Crippen LogP contribution in [0.2, 0.25) is 5.02 Å². The lowest BCUT2D eigenvalue weighted by molar-refractivity contribution is 0.0950. The van der Waals surface area contributed by atoms with Crippen molar-refractivity contribution in [1.29, 1.82) is 0 Å². The zero-order valence-corrected chi connectivity index (χ0v) is 17.3. The van der Waals surface area contributed by atoms with Gasteiger partial charge in [-0.05, 0) is 49.4 Å². The van der Waals surface area contributed by atoms with E-state index in [2.05, 4.69) is 10.6 Å². The molecule has 0 aliphatic rings. The summed E-state index contributed by atoms with van der Waals surface area (Å²) in [5, 5.41) is 6.84. The van der Waals surface area contributed by atoms with Crippen molar-refractivity contribution >= 4 is 29.9 Å². The van der Waals surface area contributed by atoms with Gasteiger partial charge in [-0.3, -0.25) is 4.79 Å². The second kappa shape index (κ2) is 11.7. The van der Waals surface area contributed by atoms with Crippen LogP contribution >= 0.6 is 24.0 Å². The Morgan fingerprint density at radius 2 is 1.85 bits per heavy atom. The molecule has 0 fully saturated rings. The standard InChI is InChI=1S/C20H25ClN2O3.ClH/c1-4-22-14(2)12-23-20(24)16-7-10-18(19(11-16)25-3)26-13-15-5-8-17(21)9-6-15;/h5-11,14,22H,4,12-13H2,1-3H3,(H,23,24);1H/t14-;/m1./s1. The molecule has 1 atom stereocenters. The number of hydrogen-bond acceptors (Lipinski definition) is 4. The van der Waals surface area contributed by atoms with Crippen LogP contribution in [0.15, 0.2) is 42.5 Å². The molecule has 0 radical (unpaired) electrons. The molecule has 2 aromatic rings. The van der Waals surface area contributed by atoms with Crippen molar-refractivity contribution in [2.45, 2.75) is 26.5 Å². The van der Waals surface area contributed by atoms with E-state index >= 15 is 0 Å². The fraction of sp³-hybridized carbons (Fsp3) is 0.350. The number of ether oxygens (including phenoxy) is 2. The third-order valence-electron chi connectivity index (χ3n) is 3.85. The van der Waals surface area contributed by atoms with Gasteiger partial charge in [0.25, 0.3) is 5.91 Å². The number of likely N-dealkylation sites (N-methyl/N-ethyl adjacent to an activating group) is 1. The van der Waals surface area contributed by atoms with Crippen LogP contribution in [0, 0.1) is 0 Å². The molecule has 0 bridgehead atoms. The first kappa shape index (κ1) is 23.1. The first-order valence-electron chi connectivity index (χ1n) is 8.60. The summed E-state index contributed by atoms with van der Waals surface area (Å²) in [6.45, 7) is 5.87. The number of benzene rings is 2. The largest absolute Gasteiger partial charge is 0.493 e. The van der Waals surface area contributed by atoms with Crippen LogP contribution in [0.25, 0.3) is 0 Å². The maximum atomic E-state index is 12.3. The summed E-state index contributed by atoms with van der Waals surface area (Å²) < 4.78 is 11.2. The van der Waals surface area contributed by atoms with E-state index in [9.17, 15) is 4.79 Å². The predicted octanol–water partition coefficient (Wildman–Crippen LogP) is 4.08. The molecule has 2 N–H and O–H groups in total. The summed E-state index contributed by atoms with van der Waals surface area (Å²) in [5.74, 6) is 0.962. The van der Waals surface area contributed by atoms with Gasteiger partial charge >= 0.3 is 0 Å². The van der Waals surface area contributed by atoms with E-state index in [0.29, 0.717) is 35.2 Å². The number of rotatable bonds is 9. The Morgan fingerprint density at radius 1 is 1.15 bits per heavy atom. The summed E-state index contributed by atoms with van der Waals surface area (Å²) >= 11 is 5.88. The maximum absolute atomic E-state index is 12.3. The fourth-order valence-electron chi connectivity index (χ4n) is 2.44. The zero-order valence-electron chi connectivity index (χ0n) is 15.8. The Bertz CT molecular complexity index is 724. The molecule has 2 rings (SSSR count). The van der Waals surface area contributed by atoms with Gasteiger partial charge < -0.3 is 20.1 Å². The average molecular weight is 413 g/mol. The quantitative estimate of drug-likeness (QED) is 0.651. The molecule has 0 aromatic heterocycles. The highest BCUT2D eigenvalue weighted by atomic mass is 35.5. The topological polar surface area (TPSA) is 59.6 Å². The van der Waals surface area contributed by atoms with Gasteiger partial charge in [-0.2, -0.15) is 0 Å². The Hall–Kier alpha value is -1.95. The minimum atomic E-state index is -0.141. The summed E-state index contributed by atoms with van der Waals surface area (Å²) in [7, 11) is 1.55. The average Bonchev–Trinajstić information content (AvgIpc) is 2.65. The smallest absolute Gasteiger partial charge is 0.251 e. The number of halogens is 2. The number of carbonyl (C=O) groups excluding carboxylic acids is 1. The first-order chi connectivity index (χ1) is 12.5. The second-order valence-corrected chi connectivity index (χ2v) is 6.39. The van der Waals surface area contributed by atoms with Gasteiger partial charge in [-0.25, -0.2) is 0 Å². The van der Waals surface area contributed by atoms with Crippen molar-refractivity contribution in [2.75, 3.05) is 20.2 Å². The minimum absolute atomic E-state index is 0. The number of carbonyl (C=O) groups is 1. The lowest BCUT2D eigenvalue weighted by Gasteiger charge is -2.15. The van der Waals surface area contributed by atoms with E-state index in [-0.39, 0.29) is 24.4 Å². The Morgan fingerprint density at radius 3 is 2.48 bits per heavy atom. The molecule has 0 spiro atoms. The predicted molar refractivity (Wildman–Crippen MR) is 111 cm³/mol. The zero-order chi connectivity index (χ0) is 18.9. The minimum Gasteiger partial charge on any atom is -0.493 e. The molecule has 0 aliphatic heterocycles. The Labute approximate surface area is 171 Å². The summed E-state index contributed by atoms with van der Waals surface area (Å²) in [5.41, 5.74) is 1.53. The molecule has 0 saturated carbocycles. The van der Waals surface area contributed by atoms with E-state index < -0.39 is 0 Å². The highest BCUT2D eigenvalue weighted by Crippen LogP contribution is 2.29. The third-order valence-corrected chi connectivity index (χ3v) is 4.11. The SMILES string of the molecule is CCN[C@H](C)CNC(=O)c1ccc(OCc2ccc(Cl)cc2)c(OC)c1.Cl. The Kier molecular flexibility index (Phi) is 10.0. The van der Waals surface area contributed by atoms with Crippen LogP contribution in [0.3, 0.4) is 0 Å². The van der Waals surface area contributed by atoms with Crippen LogP contribution in [0.1, 0.15) is 29.8 Å². The molecule has 0 saturated heterocycles. The van der Waals surface area contributed by atoms with Crippen LogP contribution < -0.4 is 20.1 Å². The van der Waals surface area contributed by atoms with Crippen molar-refractivity contribution < 1.29 is 14.3 Å². The van der Waals surface area contributed by atoms with Crippen molar-refractivity contribution in [3.8, 4) is 11.5 Å². The molecule has 0 unspecified atom stereocenters. The lowest BCUT2D eigenvalue weighted by Crippen LogP contribution is -2.38. The number of nitrogens with one attached hydrogen (secondary N) is 2. The molecule has 5 nitrogen and oxygen atoms in total. The van der Waals surface area contributed by atoms with Crippen LogP contribution in [0.5, 0.6) is 11.5 Å². The molecular weight excluding hydrogens is 387 g/mol. The van der Waals surface area contributed by atoms with Crippen molar-refractivity contribution in [2.24, 2.45) is 0 Å². The van der Waals surface area contributed by atoms with E-state index in [0.717, 1.165) is 12.1 Å². The number of hydrogen-bond donors (Lipinski definition) is 2. The van der Waals surface area contributed by atoms with Crippen molar-refractivity contribution in [3.05, 3.63) is 58.6 Å². The molecule has 148 valence electrons. The van der Waals surface area contributed by atoms with Gasteiger partial charge in [0.1, 0.15) is 6.61 Å². The van der Waals surface area contributed by atoms with Crippen molar-refractivity contribution in [1.82, 2.24) is 10.6 Å². The Balaban J connectivity index is 0.00000364. The second-order valence-electron chi connectivity index (χ2n) is 5.95. The fourth-order valence-corrected chi connectivity index (χ4v) is 2.56.